The summed E-state index contributed by atoms with van der Waals surface area (Å²) in [6.45, 7) is 1.74. The van der Waals surface area contributed by atoms with E-state index in [9.17, 15) is 31.1 Å². The molecule has 1 heterocycles. The van der Waals surface area contributed by atoms with E-state index in [1.807, 2.05) is 0 Å². The first kappa shape index (κ1) is 19.3. The van der Waals surface area contributed by atoms with Crippen LogP contribution in [0.15, 0.2) is 46.0 Å². The molecule has 0 saturated carbocycles. The second kappa shape index (κ2) is 6.68. The second-order valence-electron chi connectivity index (χ2n) is 5.68. The number of sulfone groups is 1. The van der Waals surface area contributed by atoms with Crippen LogP contribution in [0.3, 0.4) is 0 Å². The molecule has 0 radical (unpaired) electrons. The number of aliphatic hydroxyl groups excluding tert-OH is 1. The van der Waals surface area contributed by atoms with Crippen LogP contribution in [0.5, 0.6) is 0 Å². The molecule has 0 bridgehead atoms. The molecule has 10 heteroatoms. The van der Waals surface area contributed by atoms with Crippen LogP contribution in [-0.2, 0) is 16.0 Å². The molecule has 1 unspecified atom stereocenters. The molecule has 1 aromatic carbocycles. The van der Waals surface area contributed by atoms with E-state index in [0.717, 1.165) is 6.08 Å². The van der Waals surface area contributed by atoms with Crippen molar-refractivity contribution in [3.05, 3.63) is 52.5 Å². The van der Waals surface area contributed by atoms with Gasteiger partial charge in [0.15, 0.2) is 0 Å². The van der Waals surface area contributed by atoms with E-state index in [-0.39, 0.29) is 29.8 Å². The van der Waals surface area contributed by atoms with Gasteiger partial charge in [-0.25, -0.2) is 12.8 Å². The van der Waals surface area contributed by atoms with E-state index in [4.69, 9.17) is 5.73 Å². The molecule has 0 spiro atoms. The molecule has 5 nitrogen and oxygen atoms in total. The van der Waals surface area contributed by atoms with Crippen molar-refractivity contribution >= 4 is 9.84 Å². The van der Waals surface area contributed by atoms with Gasteiger partial charge in [0.2, 0.25) is 9.84 Å². The van der Waals surface area contributed by atoms with Crippen molar-refractivity contribution in [3.8, 4) is 0 Å². The van der Waals surface area contributed by atoms with Gasteiger partial charge in [-0.05, 0) is 31.2 Å². The molecule has 25 heavy (non-hydrogen) atoms. The third kappa shape index (κ3) is 4.31. The van der Waals surface area contributed by atoms with Gasteiger partial charge in [-0.2, -0.15) is 13.2 Å². The quantitative estimate of drug-likeness (QED) is 0.781. The van der Waals surface area contributed by atoms with Crippen molar-refractivity contribution in [2.24, 2.45) is 5.73 Å². The maximum absolute atomic E-state index is 14.0. The predicted octanol–water partition coefficient (Wildman–Crippen LogP) is 2.00. The van der Waals surface area contributed by atoms with E-state index in [0.29, 0.717) is 12.1 Å². The van der Waals surface area contributed by atoms with E-state index in [1.165, 1.54) is 18.0 Å². The van der Waals surface area contributed by atoms with Crippen LogP contribution in [0.25, 0.3) is 0 Å². The van der Waals surface area contributed by atoms with Crippen LogP contribution in [0, 0.1) is 5.82 Å². The standard InChI is InChI=1S/C15H16F4N2O3S/c1-9(22)6-21-7-11(20)5-12(8-21)25(23,24)14-3-2-10(4-13(14)16)15(17,18)19/h2-5,8-9,22H,6-7,20H2,1H3. The number of halogens is 4. The summed E-state index contributed by atoms with van der Waals surface area (Å²) in [6.07, 6.45) is -3.26. The minimum absolute atomic E-state index is 0.0864. The molecule has 1 aliphatic heterocycles. The van der Waals surface area contributed by atoms with Crippen molar-refractivity contribution in [1.29, 1.82) is 0 Å². The number of hydrogen-bond acceptors (Lipinski definition) is 5. The summed E-state index contributed by atoms with van der Waals surface area (Å²) in [5.41, 5.74) is 4.55. The zero-order valence-corrected chi connectivity index (χ0v) is 13.9. The smallest absolute Gasteiger partial charge is 0.401 e. The van der Waals surface area contributed by atoms with E-state index in [1.54, 1.807) is 0 Å². The lowest BCUT2D eigenvalue weighted by atomic mass is 10.2. The first-order valence-corrected chi connectivity index (χ1v) is 8.61. The van der Waals surface area contributed by atoms with Crippen molar-refractivity contribution in [1.82, 2.24) is 4.90 Å². The first-order chi connectivity index (χ1) is 11.4. The fourth-order valence-electron chi connectivity index (χ4n) is 2.35. The van der Waals surface area contributed by atoms with Gasteiger partial charge in [0, 0.05) is 18.4 Å². The molecule has 0 fully saturated rings. The maximum atomic E-state index is 14.0. The monoisotopic (exact) mass is 380 g/mol. The van der Waals surface area contributed by atoms with Crippen LogP contribution >= 0.6 is 0 Å². The lowest BCUT2D eigenvalue weighted by Gasteiger charge is -2.26. The van der Waals surface area contributed by atoms with Gasteiger partial charge in [-0.15, -0.1) is 0 Å². The van der Waals surface area contributed by atoms with Crippen LogP contribution in [0.1, 0.15) is 12.5 Å². The molecule has 0 amide bonds. The Kier molecular flexibility index (Phi) is 5.14. The number of hydrogen-bond donors (Lipinski definition) is 2. The van der Waals surface area contributed by atoms with Gasteiger partial charge in [0.05, 0.1) is 23.1 Å². The summed E-state index contributed by atoms with van der Waals surface area (Å²) in [6, 6.07) is 1.21. The molecule has 2 rings (SSSR count). The highest BCUT2D eigenvalue weighted by molar-refractivity contribution is 7.95. The van der Waals surface area contributed by atoms with Crippen LogP contribution in [0.2, 0.25) is 0 Å². The molecular weight excluding hydrogens is 364 g/mol. The topological polar surface area (TPSA) is 83.6 Å². The highest BCUT2D eigenvalue weighted by atomic mass is 32.2. The fraction of sp³-hybridized carbons (Fsp3) is 0.333. The predicted molar refractivity (Wildman–Crippen MR) is 82.2 cm³/mol. The summed E-state index contributed by atoms with van der Waals surface area (Å²) in [7, 11) is -4.42. The minimum atomic E-state index is -4.79. The Balaban J connectivity index is 2.46. The Morgan fingerprint density at radius 3 is 2.52 bits per heavy atom. The molecule has 1 aromatic rings. The Bertz CT molecular complexity index is 830. The van der Waals surface area contributed by atoms with E-state index >= 15 is 0 Å². The maximum Gasteiger partial charge on any atom is 0.416 e. The third-order valence-corrected chi connectivity index (χ3v) is 5.13. The molecule has 0 aromatic heterocycles. The lowest BCUT2D eigenvalue weighted by Crippen LogP contribution is -2.33. The van der Waals surface area contributed by atoms with Gasteiger partial charge < -0.3 is 15.7 Å². The SMILES string of the molecule is CC(O)CN1C=C(S(=O)(=O)c2ccc(C(F)(F)F)cc2F)C=C(N)C1. The molecule has 1 atom stereocenters. The van der Waals surface area contributed by atoms with Gasteiger partial charge >= 0.3 is 6.18 Å². The van der Waals surface area contributed by atoms with Crippen molar-refractivity contribution in [2.45, 2.75) is 24.1 Å². The highest BCUT2D eigenvalue weighted by Gasteiger charge is 2.33. The first-order valence-electron chi connectivity index (χ1n) is 7.13. The Morgan fingerprint density at radius 1 is 1.36 bits per heavy atom. The number of benzene rings is 1. The van der Waals surface area contributed by atoms with Crippen molar-refractivity contribution in [2.75, 3.05) is 13.1 Å². The summed E-state index contributed by atoms with van der Waals surface area (Å²) in [4.78, 5) is 0.180. The largest absolute Gasteiger partial charge is 0.416 e. The summed E-state index contributed by atoms with van der Waals surface area (Å²) in [5.74, 6) is -1.50. The van der Waals surface area contributed by atoms with Crippen LogP contribution in [-0.4, -0.2) is 37.6 Å². The highest BCUT2D eigenvalue weighted by Crippen LogP contribution is 2.33. The van der Waals surface area contributed by atoms with Crippen molar-refractivity contribution < 1.29 is 31.1 Å². The molecule has 3 N–H and O–H groups in total. The third-order valence-electron chi connectivity index (χ3n) is 3.38. The average Bonchev–Trinajstić information content (AvgIpc) is 2.44. The number of nitrogens with zero attached hydrogens (tertiary/aromatic N) is 1. The van der Waals surface area contributed by atoms with Gasteiger partial charge in [-0.3, -0.25) is 0 Å². The summed E-state index contributed by atoms with van der Waals surface area (Å²) < 4.78 is 76.9. The lowest BCUT2D eigenvalue weighted by molar-refractivity contribution is -0.137. The number of allylic oxidation sites excluding steroid dienone is 1. The fourth-order valence-corrected chi connectivity index (χ4v) is 3.76. The summed E-state index contributed by atoms with van der Waals surface area (Å²) in [5, 5.41) is 9.40. The zero-order chi connectivity index (χ0) is 19.0. The Hall–Kier alpha value is -2.07. The van der Waals surface area contributed by atoms with E-state index < -0.39 is 38.4 Å². The number of alkyl halides is 3. The molecule has 138 valence electrons. The van der Waals surface area contributed by atoms with Crippen molar-refractivity contribution in [3.63, 3.8) is 0 Å². The zero-order valence-electron chi connectivity index (χ0n) is 13.1. The number of nitrogens with two attached hydrogens (primary N) is 1. The van der Waals surface area contributed by atoms with Gasteiger partial charge in [0.25, 0.3) is 0 Å². The Morgan fingerprint density at radius 2 is 2.00 bits per heavy atom. The average molecular weight is 380 g/mol. The van der Waals surface area contributed by atoms with Gasteiger partial charge in [-0.1, -0.05) is 0 Å². The molecule has 1 aliphatic rings. The number of rotatable bonds is 4. The minimum Gasteiger partial charge on any atom is -0.401 e. The summed E-state index contributed by atoms with van der Waals surface area (Å²) >= 11 is 0. The van der Waals surface area contributed by atoms with Crippen LogP contribution in [0.4, 0.5) is 17.6 Å². The Labute approximate surface area is 142 Å². The number of β-amino-alcohol motifs (C(OH)–C–C–N with tert-alkyl or cyclic N) is 1. The van der Waals surface area contributed by atoms with Gasteiger partial charge in [0.1, 0.15) is 10.7 Å². The van der Waals surface area contributed by atoms with E-state index in [2.05, 4.69) is 0 Å². The molecule has 0 saturated heterocycles. The second-order valence-corrected chi connectivity index (χ2v) is 7.59. The molecule has 0 aliphatic carbocycles. The van der Waals surface area contributed by atoms with Crippen LogP contribution < -0.4 is 5.73 Å². The molecular formula is C15H16F4N2O3S. The normalized spacial score (nSPS) is 17.1. The number of aliphatic hydroxyl groups is 1.